The largest absolute Gasteiger partial charge is 0.496 e. The molecule has 0 saturated carbocycles. The normalized spacial score (nSPS) is 10.4. The summed E-state index contributed by atoms with van der Waals surface area (Å²) in [6, 6.07) is 3.58. The van der Waals surface area contributed by atoms with Crippen LogP contribution in [0, 0.1) is 0 Å². The summed E-state index contributed by atoms with van der Waals surface area (Å²) in [7, 11) is 8.49. The lowest BCUT2D eigenvalue weighted by atomic mass is 10.2. The van der Waals surface area contributed by atoms with Crippen molar-refractivity contribution in [3.63, 3.8) is 0 Å². The van der Waals surface area contributed by atoms with E-state index in [1.165, 1.54) is 0 Å². The van der Waals surface area contributed by atoms with Gasteiger partial charge in [0.2, 0.25) is 0 Å². The van der Waals surface area contributed by atoms with E-state index in [1.807, 2.05) is 14.1 Å². The molecule has 94 valence electrons. The summed E-state index contributed by atoms with van der Waals surface area (Å²) in [5, 5.41) is 5.87. The van der Waals surface area contributed by atoms with Crippen LogP contribution in [0.15, 0.2) is 17.2 Å². The lowest BCUT2D eigenvalue weighted by Gasteiger charge is -2.12. The summed E-state index contributed by atoms with van der Waals surface area (Å²) >= 11 is 0. The van der Waals surface area contributed by atoms with Gasteiger partial charge >= 0.3 is 0 Å². The SMILES string of the molecule is COc1cc(OC)c(/C=N/N(C)C)c(OC)c1. The van der Waals surface area contributed by atoms with Crippen LogP contribution in [0.5, 0.6) is 17.2 Å². The van der Waals surface area contributed by atoms with Crippen LogP contribution in [0.1, 0.15) is 5.56 Å². The molecule has 17 heavy (non-hydrogen) atoms. The average Bonchev–Trinajstić information content (AvgIpc) is 2.34. The Balaban J connectivity index is 3.24. The maximum absolute atomic E-state index is 5.29. The highest BCUT2D eigenvalue weighted by atomic mass is 16.5. The molecule has 0 fully saturated rings. The third-order valence-corrected chi connectivity index (χ3v) is 2.17. The first-order valence-electron chi connectivity index (χ1n) is 5.13. The molecule has 1 aromatic carbocycles. The Morgan fingerprint density at radius 2 is 1.53 bits per heavy atom. The van der Waals surface area contributed by atoms with E-state index in [2.05, 4.69) is 5.10 Å². The summed E-state index contributed by atoms with van der Waals surface area (Å²) in [5.74, 6) is 2.00. The van der Waals surface area contributed by atoms with E-state index in [4.69, 9.17) is 14.2 Å². The van der Waals surface area contributed by atoms with E-state index in [-0.39, 0.29) is 0 Å². The number of ether oxygens (including phenoxy) is 3. The summed E-state index contributed by atoms with van der Waals surface area (Å²) in [5.41, 5.74) is 0.782. The van der Waals surface area contributed by atoms with Gasteiger partial charge in [-0.05, 0) is 0 Å². The van der Waals surface area contributed by atoms with Crippen molar-refractivity contribution in [1.29, 1.82) is 0 Å². The molecule has 0 unspecified atom stereocenters. The Hall–Kier alpha value is -1.91. The van der Waals surface area contributed by atoms with E-state index in [9.17, 15) is 0 Å². The van der Waals surface area contributed by atoms with Crippen molar-refractivity contribution in [3.8, 4) is 17.2 Å². The van der Waals surface area contributed by atoms with Crippen LogP contribution in [-0.2, 0) is 0 Å². The maximum atomic E-state index is 5.29. The highest BCUT2D eigenvalue weighted by Gasteiger charge is 2.11. The zero-order chi connectivity index (χ0) is 12.8. The van der Waals surface area contributed by atoms with E-state index in [0.717, 1.165) is 5.56 Å². The summed E-state index contributed by atoms with van der Waals surface area (Å²) < 4.78 is 15.8. The Kier molecular flexibility index (Phi) is 4.63. The van der Waals surface area contributed by atoms with Crippen LogP contribution in [-0.4, -0.2) is 46.6 Å². The second kappa shape index (κ2) is 5.98. The highest BCUT2D eigenvalue weighted by molar-refractivity contribution is 5.87. The van der Waals surface area contributed by atoms with Gasteiger partial charge in [-0.25, -0.2) is 0 Å². The second-order valence-electron chi connectivity index (χ2n) is 3.54. The fourth-order valence-corrected chi connectivity index (χ4v) is 1.33. The van der Waals surface area contributed by atoms with Crippen LogP contribution in [0.4, 0.5) is 0 Å². The van der Waals surface area contributed by atoms with Gasteiger partial charge in [0.25, 0.3) is 0 Å². The summed E-state index contributed by atoms with van der Waals surface area (Å²) in [6.45, 7) is 0. The van der Waals surface area contributed by atoms with E-state index in [0.29, 0.717) is 17.2 Å². The number of nitrogens with zero attached hydrogens (tertiary/aromatic N) is 2. The summed E-state index contributed by atoms with van der Waals surface area (Å²) in [4.78, 5) is 0. The molecule has 1 aromatic rings. The van der Waals surface area contributed by atoms with Crippen molar-refractivity contribution in [2.45, 2.75) is 0 Å². The fourth-order valence-electron chi connectivity index (χ4n) is 1.33. The van der Waals surface area contributed by atoms with Crippen LogP contribution in [0.2, 0.25) is 0 Å². The van der Waals surface area contributed by atoms with Gasteiger partial charge in [-0.2, -0.15) is 5.10 Å². The Morgan fingerprint density at radius 1 is 1.00 bits per heavy atom. The van der Waals surface area contributed by atoms with Gasteiger partial charge in [-0.3, -0.25) is 0 Å². The lowest BCUT2D eigenvalue weighted by Crippen LogP contribution is -2.04. The van der Waals surface area contributed by atoms with E-state index in [1.54, 1.807) is 44.7 Å². The molecule has 0 aliphatic rings. The van der Waals surface area contributed by atoms with Crippen LogP contribution >= 0.6 is 0 Å². The molecule has 0 atom stereocenters. The van der Waals surface area contributed by atoms with Gasteiger partial charge in [0, 0.05) is 26.2 Å². The molecular formula is C12H18N2O3. The standard InChI is InChI=1S/C12H18N2O3/c1-14(2)13-8-10-11(16-4)6-9(15-3)7-12(10)17-5/h6-8H,1-5H3/b13-8+. The van der Waals surface area contributed by atoms with Crippen LogP contribution < -0.4 is 14.2 Å². The van der Waals surface area contributed by atoms with Gasteiger partial charge in [0.05, 0.1) is 33.1 Å². The molecule has 0 bridgehead atoms. The predicted octanol–water partition coefficient (Wildman–Crippen LogP) is 1.61. The molecule has 0 radical (unpaired) electrons. The number of hydrogen-bond acceptors (Lipinski definition) is 5. The molecule has 0 N–H and O–H groups in total. The number of hydrogen-bond donors (Lipinski definition) is 0. The monoisotopic (exact) mass is 238 g/mol. The number of rotatable bonds is 5. The smallest absolute Gasteiger partial charge is 0.135 e. The Labute approximate surface area is 102 Å². The van der Waals surface area contributed by atoms with Crippen molar-refractivity contribution in [1.82, 2.24) is 5.01 Å². The minimum absolute atomic E-state index is 0.659. The predicted molar refractivity (Wildman–Crippen MR) is 67.4 cm³/mol. The zero-order valence-corrected chi connectivity index (χ0v) is 10.9. The molecule has 0 heterocycles. The van der Waals surface area contributed by atoms with Crippen LogP contribution in [0.25, 0.3) is 0 Å². The number of benzene rings is 1. The molecule has 0 saturated heterocycles. The van der Waals surface area contributed by atoms with Crippen molar-refractivity contribution in [3.05, 3.63) is 17.7 Å². The van der Waals surface area contributed by atoms with E-state index < -0.39 is 0 Å². The van der Waals surface area contributed by atoms with Crippen molar-refractivity contribution in [2.24, 2.45) is 5.10 Å². The third kappa shape index (κ3) is 3.27. The molecule has 0 aliphatic carbocycles. The fraction of sp³-hybridized carbons (Fsp3) is 0.417. The van der Waals surface area contributed by atoms with Gasteiger partial charge in [0.1, 0.15) is 17.2 Å². The van der Waals surface area contributed by atoms with E-state index >= 15 is 0 Å². The second-order valence-corrected chi connectivity index (χ2v) is 3.54. The maximum Gasteiger partial charge on any atom is 0.135 e. The molecule has 0 aromatic heterocycles. The molecule has 0 amide bonds. The quantitative estimate of drug-likeness (QED) is 0.577. The van der Waals surface area contributed by atoms with Gasteiger partial charge in [-0.15, -0.1) is 0 Å². The first kappa shape index (κ1) is 13.2. The summed E-state index contributed by atoms with van der Waals surface area (Å²) in [6.07, 6.45) is 1.69. The molecular weight excluding hydrogens is 220 g/mol. The third-order valence-electron chi connectivity index (χ3n) is 2.17. The zero-order valence-electron chi connectivity index (χ0n) is 10.9. The van der Waals surface area contributed by atoms with Crippen molar-refractivity contribution >= 4 is 6.21 Å². The lowest BCUT2D eigenvalue weighted by molar-refractivity contribution is 0.374. The first-order chi connectivity index (χ1) is 8.12. The van der Waals surface area contributed by atoms with Crippen LogP contribution in [0.3, 0.4) is 0 Å². The van der Waals surface area contributed by atoms with Gasteiger partial charge in [-0.1, -0.05) is 0 Å². The number of methoxy groups -OCH3 is 3. The molecule has 0 aliphatic heterocycles. The Bertz CT molecular complexity index is 378. The minimum Gasteiger partial charge on any atom is -0.496 e. The van der Waals surface area contributed by atoms with Crippen molar-refractivity contribution in [2.75, 3.05) is 35.4 Å². The molecule has 1 rings (SSSR count). The van der Waals surface area contributed by atoms with Gasteiger partial charge in [0.15, 0.2) is 0 Å². The first-order valence-corrected chi connectivity index (χ1v) is 5.13. The Morgan fingerprint density at radius 3 is 1.88 bits per heavy atom. The minimum atomic E-state index is 0.659. The highest BCUT2D eigenvalue weighted by Crippen LogP contribution is 2.32. The van der Waals surface area contributed by atoms with Crippen molar-refractivity contribution < 1.29 is 14.2 Å². The molecule has 5 nitrogen and oxygen atoms in total. The van der Waals surface area contributed by atoms with Gasteiger partial charge < -0.3 is 19.2 Å². The topological polar surface area (TPSA) is 43.3 Å². The molecule has 0 spiro atoms. The molecule has 5 heteroatoms. The average molecular weight is 238 g/mol. The number of hydrazone groups is 1.